The summed E-state index contributed by atoms with van der Waals surface area (Å²) >= 11 is 1.70. The lowest BCUT2D eigenvalue weighted by atomic mass is 9.87. The third-order valence-corrected chi connectivity index (χ3v) is 9.14. The molecular weight excluding hydrogens is 484 g/mol. The fraction of sp³-hybridized carbons (Fsp3) is 0.481. The minimum Gasteiger partial charge on any atom is -0.370 e. The zero-order chi connectivity index (χ0) is 25.7. The molecule has 6 rings (SSSR count). The first-order chi connectivity index (χ1) is 17.9. The van der Waals surface area contributed by atoms with Gasteiger partial charge >= 0.3 is 0 Å². The molecule has 2 aliphatic rings. The lowest BCUT2D eigenvalue weighted by Gasteiger charge is -2.37. The van der Waals surface area contributed by atoms with Gasteiger partial charge in [-0.15, -0.1) is 11.3 Å². The van der Waals surface area contributed by atoms with Gasteiger partial charge in [-0.25, -0.2) is 9.97 Å². The number of carbonyl (C=O) groups is 1. The number of H-pyrrole nitrogens is 1. The van der Waals surface area contributed by atoms with Gasteiger partial charge in [0, 0.05) is 49.4 Å². The van der Waals surface area contributed by atoms with E-state index in [-0.39, 0.29) is 11.8 Å². The third-order valence-electron chi connectivity index (χ3n) is 7.98. The minimum absolute atomic E-state index is 0.0418. The van der Waals surface area contributed by atoms with Crippen molar-refractivity contribution in [1.29, 1.82) is 0 Å². The highest BCUT2D eigenvalue weighted by Crippen LogP contribution is 2.42. The van der Waals surface area contributed by atoms with Crippen molar-refractivity contribution in [3.05, 3.63) is 35.1 Å². The van der Waals surface area contributed by atoms with Crippen molar-refractivity contribution in [2.24, 2.45) is 5.92 Å². The molecule has 0 saturated carbocycles. The van der Waals surface area contributed by atoms with Gasteiger partial charge in [0.05, 0.1) is 28.5 Å². The molecule has 1 amide bonds. The quantitative estimate of drug-likeness (QED) is 0.412. The lowest BCUT2D eigenvalue weighted by Crippen LogP contribution is -2.42. The highest BCUT2D eigenvalue weighted by molar-refractivity contribution is 7.19. The van der Waals surface area contributed by atoms with Crippen molar-refractivity contribution in [1.82, 2.24) is 30.0 Å². The number of aromatic amines is 1. The lowest BCUT2D eigenvalue weighted by molar-refractivity contribution is -0.133. The molecule has 4 heterocycles. The first-order valence-corrected chi connectivity index (χ1v) is 13.8. The van der Waals surface area contributed by atoms with Crippen LogP contribution in [0, 0.1) is 5.92 Å². The molecule has 194 valence electrons. The van der Waals surface area contributed by atoms with Crippen molar-refractivity contribution in [2.45, 2.75) is 38.1 Å². The van der Waals surface area contributed by atoms with Crippen molar-refractivity contribution < 1.29 is 4.79 Å². The number of nitrogens with one attached hydrogen (secondary N) is 2. The van der Waals surface area contributed by atoms with E-state index < -0.39 is 0 Å². The monoisotopic (exact) mass is 518 g/mol. The predicted molar refractivity (Wildman–Crippen MR) is 150 cm³/mol. The Morgan fingerprint density at radius 2 is 1.95 bits per heavy atom. The van der Waals surface area contributed by atoms with E-state index in [1.165, 1.54) is 16.1 Å². The number of nitrogens with zero attached hydrogens (tertiary/aromatic N) is 6. The van der Waals surface area contributed by atoms with Crippen LogP contribution in [0.5, 0.6) is 0 Å². The molecule has 4 aromatic rings. The normalized spacial score (nSPS) is 18.5. The smallest absolute Gasteiger partial charge is 0.225 e. The van der Waals surface area contributed by atoms with Crippen LogP contribution in [-0.4, -0.2) is 83.2 Å². The van der Waals surface area contributed by atoms with Gasteiger partial charge in [-0.2, -0.15) is 5.10 Å². The van der Waals surface area contributed by atoms with Crippen LogP contribution in [0.15, 0.2) is 24.7 Å². The van der Waals surface area contributed by atoms with E-state index in [1.807, 2.05) is 20.3 Å². The van der Waals surface area contributed by atoms with Crippen LogP contribution in [0.1, 0.15) is 29.7 Å². The molecule has 0 unspecified atom stereocenters. The molecule has 0 bridgehead atoms. The molecule has 0 spiro atoms. The number of hydrogen-bond donors (Lipinski definition) is 2. The van der Waals surface area contributed by atoms with Gasteiger partial charge in [-0.3, -0.25) is 9.89 Å². The zero-order valence-corrected chi connectivity index (χ0v) is 22.7. The molecule has 1 fully saturated rings. The summed E-state index contributed by atoms with van der Waals surface area (Å²) in [5.41, 5.74) is 4.53. The van der Waals surface area contributed by atoms with E-state index in [4.69, 9.17) is 4.98 Å². The summed E-state index contributed by atoms with van der Waals surface area (Å²) in [7, 11) is 8.02. The Labute approximate surface area is 220 Å². The van der Waals surface area contributed by atoms with Gasteiger partial charge in [0.25, 0.3) is 0 Å². The van der Waals surface area contributed by atoms with Gasteiger partial charge in [0.2, 0.25) is 5.91 Å². The molecule has 9 nitrogen and oxygen atoms in total. The Hall–Kier alpha value is -3.24. The largest absolute Gasteiger partial charge is 0.370 e. The Morgan fingerprint density at radius 3 is 2.70 bits per heavy atom. The maximum absolute atomic E-state index is 12.6. The molecule has 10 heteroatoms. The zero-order valence-electron chi connectivity index (χ0n) is 21.9. The van der Waals surface area contributed by atoms with Crippen LogP contribution >= 0.6 is 11.3 Å². The predicted octanol–water partition coefficient (Wildman–Crippen LogP) is 4.03. The number of rotatable bonds is 5. The first-order valence-electron chi connectivity index (χ1n) is 13.0. The Morgan fingerprint density at radius 1 is 1.14 bits per heavy atom. The highest BCUT2D eigenvalue weighted by atomic mass is 32.1. The van der Waals surface area contributed by atoms with E-state index in [2.05, 4.69) is 56.5 Å². The molecule has 1 saturated heterocycles. The van der Waals surface area contributed by atoms with E-state index in [0.717, 1.165) is 77.8 Å². The number of hydrogen-bond acceptors (Lipinski definition) is 8. The Kier molecular flexibility index (Phi) is 6.24. The van der Waals surface area contributed by atoms with Crippen LogP contribution in [0.4, 0.5) is 17.2 Å². The molecule has 3 aromatic heterocycles. The second-order valence-electron chi connectivity index (χ2n) is 10.7. The van der Waals surface area contributed by atoms with Gasteiger partial charge < -0.3 is 20.0 Å². The summed E-state index contributed by atoms with van der Waals surface area (Å²) in [5, 5.41) is 13.3. The van der Waals surface area contributed by atoms with Gasteiger partial charge in [0.1, 0.15) is 17.0 Å². The number of anilines is 3. The fourth-order valence-electron chi connectivity index (χ4n) is 5.87. The topological polar surface area (TPSA) is 93.3 Å². The number of thiophene rings is 1. The summed E-state index contributed by atoms with van der Waals surface area (Å²) in [6, 6.07) is 5.00. The standard InChI is InChI=1S/C27H34N8OS/c1-33(2)18-7-9-35(10-8-18)22-13-20-17(14-30-32-20)11-21(22)31-25-24-19-6-5-16(27(36)34(3)4)12-23(19)37-26(24)29-15-28-25/h11,13-16,18H,5-10,12H2,1-4H3,(H,30,32)(H,28,29,31)/t16-/m0/s1. The summed E-state index contributed by atoms with van der Waals surface area (Å²) < 4.78 is 0. The van der Waals surface area contributed by atoms with Crippen LogP contribution in [0.3, 0.4) is 0 Å². The van der Waals surface area contributed by atoms with Gasteiger partial charge in [-0.1, -0.05) is 0 Å². The number of aryl methyl sites for hydroxylation is 1. The number of piperidine rings is 1. The average Bonchev–Trinajstić information content (AvgIpc) is 3.51. The second-order valence-corrected chi connectivity index (χ2v) is 11.8. The van der Waals surface area contributed by atoms with Crippen LogP contribution in [-0.2, 0) is 17.6 Å². The molecule has 1 aromatic carbocycles. The second kappa shape index (κ2) is 9.57. The fourth-order valence-corrected chi connectivity index (χ4v) is 7.14. The molecule has 2 N–H and O–H groups in total. The molecule has 1 aliphatic heterocycles. The number of aromatic nitrogens is 4. The SMILES string of the molecule is CN(C)C(=O)[C@H]1CCc2c(sc3ncnc(Nc4cc5cn[nH]c5cc4N4CCC(N(C)C)CC4)c23)C1. The van der Waals surface area contributed by atoms with E-state index in [0.29, 0.717) is 6.04 Å². The maximum Gasteiger partial charge on any atom is 0.225 e. The van der Waals surface area contributed by atoms with Crippen molar-refractivity contribution in [2.75, 3.05) is 51.5 Å². The van der Waals surface area contributed by atoms with Gasteiger partial charge in [0.15, 0.2) is 0 Å². The average molecular weight is 519 g/mol. The molecule has 37 heavy (non-hydrogen) atoms. The number of amides is 1. The van der Waals surface area contributed by atoms with E-state index in [9.17, 15) is 4.79 Å². The van der Waals surface area contributed by atoms with E-state index >= 15 is 0 Å². The summed E-state index contributed by atoms with van der Waals surface area (Å²) in [6.07, 6.45) is 8.29. The highest BCUT2D eigenvalue weighted by Gasteiger charge is 2.30. The summed E-state index contributed by atoms with van der Waals surface area (Å²) in [4.78, 5) is 30.7. The van der Waals surface area contributed by atoms with Crippen LogP contribution < -0.4 is 10.2 Å². The minimum atomic E-state index is 0.0418. The van der Waals surface area contributed by atoms with Crippen molar-refractivity contribution >= 4 is 55.6 Å². The maximum atomic E-state index is 12.6. The van der Waals surface area contributed by atoms with Crippen molar-refractivity contribution in [3.8, 4) is 0 Å². The third kappa shape index (κ3) is 4.42. The van der Waals surface area contributed by atoms with Crippen LogP contribution in [0.25, 0.3) is 21.1 Å². The van der Waals surface area contributed by atoms with Crippen molar-refractivity contribution in [3.63, 3.8) is 0 Å². The van der Waals surface area contributed by atoms with E-state index in [1.54, 1.807) is 22.6 Å². The van der Waals surface area contributed by atoms with Gasteiger partial charge in [-0.05, 0) is 63.9 Å². The molecule has 1 aliphatic carbocycles. The summed E-state index contributed by atoms with van der Waals surface area (Å²) in [6.45, 7) is 2.01. The number of carbonyl (C=O) groups excluding carboxylic acids is 1. The number of benzene rings is 1. The molecular formula is C27H34N8OS. The first kappa shape index (κ1) is 24.1. The van der Waals surface area contributed by atoms with Crippen LogP contribution in [0.2, 0.25) is 0 Å². The molecule has 0 radical (unpaired) electrons. The summed E-state index contributed by atoms with van der Waals surface area (Å²) in [5.74, 6) is 1.09. The Balaban J connectivity index is 1.36. The number of fused-ring (bicyclic) bond motifs is 4. The Bertz CT molecular complexity index is 1450. The molecule has 1 atom stereocenters.